The normalized spacial score (nSPS) is 23.7. The fourth-order valence-electron chi connectivity index (χ4n) is 3.08. The van der Waals surface area contributed by atoms with Crippen LogP contribution >= 0.6 is 15.9 Å². The lowest BCUT2D eigenvalue weighted by Crippen LogP contribution is -2.40. The number of hydrogen-bond acceptors (Lipinski definition) is 4. The lowest BCUT2D eigenvalue weighted by Gasteiger charge is -2.34. The number of aliphatic carboxylic acids is 1. The molecule has 3 rings (SSSR count). The molecule has 0 aliphatic carbocycles. The highest BCUT2D eigenvalue weighted by Crippen LogP contribution is 2.38. The summed E-state index contributed by atoms with van der Waals surface area (Å²) in [6, 6.07) is 7.88. The van der Waals surface area contributed by atoms with E-state index in [0.29, 0.717) is 38.9 Å². The summed E-state index contributed by atoms with van der Waals surface area (Å²) in [7, 11) is 0. The second kappa shape index (κ2) is 6.38. The first-order valence-electron chi connectivity index (χ1n) is 7.39. The van der Waals surface area contributed by atoms with Crippen molar-refractivity contribution < 1.29 is 19.5 Å². The third kappa shape index (κ3) is 3.17. The lowest BCUT2D eigenvalue weighted by atomic mass is 9.75. The van der Waals surface area contributed by atoms with Crippen molar-refractivity contribution >= 4 is 27.6 Å². The van der Waals surface area contributed by atoms with Crippen LogP contribution in [0.5, 0.6) is 0 Å². The maximum absolute atomic E-state index is 11.7. The molecule has 22 heavy (non-hydrogen) atoms. The van der Waals surface area contributed by atoms with Crippen LogP contribution in [0, 0.1) is 5.41 Å². The molecule has 0 bridgehead atoms. The molecule has 0 amide bonds. The maximum atomic E-state index is 11.7. The fourth-order valence-corrected chi connectivity index (χ4v) is 3.48. The molecule has 0 aromatic heterocycles. The number of hydrogen-bond donors (Lipinski definition) is 1. The number of oxime groups is 1. The average molecular weight is 368 g/mol. The summed E-state index contributed by atoms with van der Waals surface area (Å²) in [5, 5.41) is 13.8. The summed E-state index contributed by atoms with van der Waals surface area (Å²) in [5.41, 5.74) is 1.14. The molecule has 1 unspecified atom stereocenters. The van der Waals surface area contributed by atoms with Gasteiger partial charge in [0.25, 0.3) is 0 Å². The van der Waals surface area contributed by atoms with Gasteiger partial charge in [-0.15, -0.1) is 0 Å². The Labute approximate surface area is 137 Å². The summed E-state index contributed by atoms with van der Waals surface area (Å²) in [6.45, 7) is 0.997. The quantitative estimate of drug-likeness (QED) is 0.886. The van der Waals surface area contributed by atoms with Gasteiger partial charge < -0.3 is 14.7 Å². The van der Waals surface area contributed by atoms with Gasteiger partial charge in [-0.3, -0.25) is 4.79 Å². The zero-order valence-corrected chi connectivity index (χ0v) is 13.7. The van der Waals surface area contributed by atoms with Gasteiger partial charge in [0.15, 0.2) is 0 Å². The molecule has 1 fully saturated rings. The number of nitrogens with zero attached hydrogens (tertiary/aromatic N) is 1. The van der Waals surface area contributed by atoms with E-state index in [4.69, 9.17) is 9.57 Å². The Morgan fingerprint density at radius 2 is 2.18 bits per heavy atom. The SMILES string of the molecule is O=C(O)C1(CC2CC(c3cccc(Br)c3)=NO2)CCOCC1. The largest absolute Gasteiger partial charge is 0.481 e. The Morgan fingerprint density at radius 3 is 2.86 bits per heavy atom. The average Bonchev–Trinajstić information content (AvgIpc) is 2.96. The molecule has 1 aromatic rings. The summed E-state index contributed by atoms with van der Waals surface area (Å²) < 4.78 is 6.29. The van der Waals surface area contributed by atoms with Crippen LogP contribution in [0.2, 0.25) is 0 Å². The summed E-state index contributed by atoms with van der Waals surface area (Å²) in [6.07, 6.45) is 2.02. The van der Waals surface area contributed by atoms with E-state index in [2.05, 4.69) is 21.1 Å². The van der Waals surface area contributed by atoms with Crippen molar-refractivity contribution in [2.75, 3.05) is 13.2 Å². The van der Waals surface area contributed by atoms with Crippen LogP contribution in [-0.2, 0) is 14.4 Å². The van der Waals surface area contributed by atoms with Crippen molar-refractivity contribution in [3.05, 3.63) is 34.3 Å². The minimum atomic E-state index is -0.754. The van der Waals surface area contributed by atoms with Crippen LogP contribution in [0.15, 0.2) is 33.9 Å². The first-order chi connectivity index (χ1) is 10.6. The van der Waals surface area contributed by atoms with Crippen LogP contribution in [0.25, 0.3) is 0 Å². The predicted molar refractivity (Wildman–Crippen MR) is 84.9 cm³/mol. The van der Waals surface area contributed by atoms with Gasteiger partial charge >= 0.3 is 5.97 Å². The van der Waals surface area contributed by atoms with Crippen molar-refractivity contribution in [2.45, 2.75) is 31.8 Å². The van der Waals surface area contributed by atoms with Crippen LogP contribution < -0.4 is 0 Å². The second-order valence-electron chi connectivity index (χ2n) is 5.88. The van der Waals surface area contributed by atoms with Crippen molar-refractivity contribution in [2.24, 2.45) is 10.6 Å². The van der Waals surface area contributed by atoms with Crippen molar-refractivity contribution in [1.29, 1.82) is 0 Å². The van der Waals surface area contributed by atoms with E-state index in [1.807, 2.05) is 24.3 Å². The molecule has 0 radical (unpaired) electrons. The zero-order chi connectivity index (χ0) is 15.6. The van der Waals surface area contributed by atoms with Gasteiger partial charge in [0.05, 0.1) is 11.1 Å². The summed E-state index contributed by atoms with van der Waals surface area (Å²) >= 11 is 3.44. The molecule has 2 heterocycles. The number of carboxylic acid groups (broad SMARTS) is 1. The van der Waals surface area contributed by atoms with Crippen LogP contribution in [0.4, 0.5) is 0 Å². The van der Waals surface area contributed by atoms with Crippen LogP contribution in [0.1, 0.15) is 31.2 Å². The highest BCUT2D eigenvalue weighted by Gasteiger charge is 2.43. The van der Waals surface area contributed by atoms with Gasteiger partial charge in [0, 0.05) is 36.1 Å². The van der Waals surface area contributed by atoms with Crippen molar-refractivity contribution in [3.8, 4) is 0 Å². The number of ether oxygens (including phenoxy) is 1. The van der Waals surface area contributed by atoms with Crippen molar-refractivity contribution in [1.82, 2.24) is 0 Å². The standard InChI is InChI=1S/C16H18BrNO4/c17-12-3-1-2-11(8-12)14-9-13(22-18-14)10-16(15(19)20)4-6-21-7-5-16/h1-3,8,13H,4-7,9-10H2,(H,19,20). The number of carbonyl (C=O) groups is 1. The molecule has 5 nitrogen and oxygen atoms in total. The molecule has 1 saturated heterocycles. The Hall–Kier alpha value is -1.40. The third-order valence-corrected chi connectivity index (χ3v) is 4.91. The molecule has 2 aliphatic rings. The Balaban J connectivity index is 1.67. The molecule has 1 N–H and O–H groups in total. The van der Waals surface area contributed by atoms with Crippen molar-refractivity contribution in [3.63, 3.8) is 0 Å². The van der Waals surface area contributed by atoms with E-state index < -0.39 is 11.4 Å². The third-order valence-electron chi connectivity index (χ3n) is 4.41. The summed E-state index contributed by atoms with van der Waals surface area (Å²) in [5.74, 6) is -0.754. The molecular weight excluding hydrogens is 350 g/mol. The van der Waals surface area contributed by atoms with E-state index in [-0.39, 0.29) is 6.10 Å². The fraction of sp³-hybridized carbons (Fsp3) is 0.500. The maximum Gasteiger partial charge on any atom is 0.309 e. The number of halogens is 1. The van der Waals surface area contributed by atoms with Crippen LogP contribution in [-0.4, -0.2) is 36.1 Å². The molecule has 6 heteroatoms. The topological polar surface area (TPSA) is 68.1 Å². The van der Waals surface area contributed by atoms with Gasteiger partial charge in [-0.25, -0.2) is 0 Å². The van der Waals surface area contributed by atoms with Gasteiger partial charge in [0.1, 0.15) is 6.10 Å². The van der Waals surface area contributed by atoms with E-state index in [9.17, 15) is 9.90 Å². The van der Waals surface area contributed by atoms with Crippen LogP contribution in [0.3, 0.4) is 0 Å². The highest BCUT2D eigenvalue weighted by molar-refractivity contribution is 9.10. The number of carboxylic acids is 1. The van der Waals surface area contributed by atoms with Gasteiger partial charge in [-0.05, 0) is 25.0 Å². The Morgan fingerprint density at radius 1 is 1.41 bits per heavy atom. The van der Waals surface area contributed by atoms with E-state index in [0.717, 1.165) is 15.7 Å². The molecule has 1 aromatic carbocycles. The second-order valence-corrected chi connectivity index (χ2v) is 6.80. The zero-order valence-electron chi connectivity index (χ0n) is 12.1. The van der Waals surface area contributed by atoms with Gasteiger partial charge in [-0.2, -0.15) is 0 Å². The molecule has 0 saturated carbocycles. The monoisotopic (exact) mass is 367 g/mol. The minimum absolute atomic E-state index is 0.178. The first-order valence-corrected chi connectivity index (χ1v) is 8.18. The molecule has 118 valence electrons. The smallest absolute Gasteiger partial charge is 0.309 e. The number of benzene rings is 1. The number of rotatable bonds is 4. The van der Waals surface area contributed by atoms with E-state index >= 15 is 0 Å². The molecular formula is C16H18BrNO4. The van der Waals surface area contributed by atoms with E-state index in [1.54, 1.807) is 0 Å². The predicted octanol–water partition coefficient (Wildman–Crippen LogP) is 3.21. The summed E-state index contributed by atoms with van der Waals surface area (Å²) in [4.78, 5) is 17.2. The lowest BCUT2D eigenvalue weighted by molar-refractivity contribution is -0.158. The molecule has 1 atom stereocenters. The van der Waals surface area contributed by atoms with E-state index in [1.165, 1.54) is 0 Å². The molecule has 0 spiro atoms. The van der Waals surface area contributed by atoms with Gasteiger partial charge in [-0.1, -0.05) is 33.2 Å². The first kappa shape index (κ1) is 15.5. The Kier molecular flexibility index (Phi) is 4.49. The molecule has 2 aliphatic heterocycles. The Bertz CT molecular complexity index is 596. The minimum Gasteiger partial charge on any atom is -0.481 e. The van der Waals surface area contributed by atoms with Gasteiger partial charge in [0.2, 0.25) is 0 Å². The highest BCUT2D eigenvalue weighted by atomic mass is 79.9.